The number of aliphatic hydroxyl groups is 1. The Bertz CT molecular complexity index is 237. The first-order chi connectivity index (χ1) is 6.68. The fourth-order valence-corrected chi connectivity index (χ4v) is 2.73. The third-order valence-corrected chi connectivity index (χ3v) is 3.85. The maximum absolute atomic E-state index is 11.3. The molecule has 2 atom stereocenters. The highest BCUT2D eigenvalue weighted by molar-refractivity contribution is 5.82. The standard InChI is InChI=1S/C11H18NO2/c12-10(14)11(7-13)5-1-2-9(6-11)8-3-4-8/h7-9,13H,1-6H2,(H2,12,14). The number of carbonyl (C=O) groups excluding carboxylic acids is 1. The molecule has 0 aromatic heterocycles. The number of aliphatic hydroxyl groups excluding tert-OH is 1. The van der Waals surface area contributed by atoms with Crippen molar-refractivity contribution in [2.75, 3.05) is 0 Å². The first-order valence-corrected chi connectivity index (χ1v) is 5.46. The Morgan fingerprint density at radius 3 is 2.57 bits per heavy atom. The lowest BCUT2D eigenvalue weighted by Crippen LogP contribution is -2.42. The maximum Gasteiger partial charge on any atom is 0.226 e. The van der Waals surface area contributed by atoms with E-state index in [1.165, 1.54) is 19.3 Å². The average molecular weight is 196 g/mol. The molecule has 79 valence electrons. The lowest BCUT2D eigenvalue weighted by molar-refractivity contribution is -0.130. The molecule has 3 nitrogen and oxygen atoms in total. The van der Waals surface area contributed by atoms with E-state index < -0.39 is 5.41 Å². The van der Waals surface area contributed by atoms with Crippen molar-refractivity contribution in [2.24, 2.45) is 23.0 Å². The molecule has 14 heavy (non-hydrogen) atoms. The van der Waals surface area contributed by atoms with Crippen molar-refractivity contribution in [1.82, 2.24) is 0 Å². The molecule has 0 bridgehead atoms. The van der Waals surface area contributed by atoms with Gasteiger partial charge < -0.3 is 10.8 Å². The van der Waals surface area contributed by atoms with Crippen LogP contribution in [0.3, 0.4) is 0 Å². The Morgan fingerprint density at radius 2 is 2.07 bits per heavy atom. The number of nitrogens with two attached hydrogens (primary N) is 1. The van der Waals surface area contributed by atoms with Crippen molar-refractivity contribution in [3.8, 4) is 0 Å². The zero-order chi connectivity index (χ0) is 10.2. The number of amides is 1. The van der Waals surface area contributed by atoms with Crippen molar-refractivity contribution in [2.45, 2.75) is 38.5 Å². The molecule has 0 aliphatic heterocycles. The number of carbonyl (C=O) groups is 1. The quantitative estimate of drug-likeness (QED) is 0.720. The molecule has 2 rings (SSSR count). The van der Waals surface area contributed by atoms with E-state index in [0.29, 0.717) is 5.92 Å². The molecule has 0 heterocycles. The molecule has 3 N–H and O–H groups in total. The van der Waals surface area contributed by atoms with E-state index >= 15 is 0 Å². The van der Waals surface area contributed by atoms with Crippen molar-refractivity contribution in [1.29, 1.82) is 0 Å². The van der Waals surface area contributed by atoms with Crippen molar-refractivity contribution in [3.05, 3.63) is 6.61 Å². The smallest absolute Gasteiger partial charge is 0.226 e. The molecular weight excluding hydrogens is 178 g/mol. The highest BCUT2D eigenvalue weighted by Crippen LogP contribution is 2.50. The second-order valence-corrected chi connectivity index (χ2v) is 4.84. The van der Waals surface area contributed by atoms with Crippen LogP contribution >= 0.6 is 0 Å². The largest absolute Gasteiger partial charge is 0.389 e. The van der Waals surface area contributed by atoms with Crippen LogP contribution in [0, 0.1) is 23.9 Å². The molecular formula is C11H18NO2. The molecule has 2 saturated carbocycles. The summed E-state index contributed by atoms with van der Waals surface area (Å²) in [6.45, 7) is 1.05. The van der Waals surface area contributed by atoms with Crippen LogP contribution in [0.25, 0.3) is 0 Å². The van der Waals surface area contributed by atoms with Crippen molar-refractivity contribution < 1.29 is 9.90 Å². The Hall–Kier alpha value is -0.570. The summed E-state index contributed by atoms with van der Waals surface area (Å²) in [6, 6.07) is 0. The number of hydrogen-bond donors (Lipinski definition) is 2. The number of primary amides is 1. The van der Waals surface area contributed by atoms with Gasteiger partial charge in [-0.2, -0.15) is 0 Å². The highest BCUT2D eigenvalue weighted by atomic mass is 16.3. The van der Waals surface area contributed by atoms with Gasteiger partial charge in [0.1, 0.15) is 0 Å². The summed E-state index contributed by atoms with van der Waals surface area (Å²) in [6.07, 6.45) is 6.30. The van der Waals surface area contributed by atoms with Gasteiger partial charge in [0.05, 0.1) is 12.0 Å². The van der Waals surface area contributed by atoms with Gasteiger partial charge >= 0.3 is 0 Å². The van der Waals surface area contributed by atoms with Crippen molar-refractivity contribution in [3.63, 3.8) is 0 Å². The van der Waals surface area contributed by atoms with Crippen LogP contribution in [0.5, 0.6) is 0 Å². The van der Waals surface area contributed by atoms with Gasteiger partial charge in [-0.05, 0) is 37.5 Å². The molecule has 1 amide bonds. The highest BCUT2D eigenvalue weighted by Gasteiger charge is 2.45. The second-order valence-electron chi connectivity index (χ2n) is 4.84. The van der Waals surface area contributed by atoms with Crippen LogP contribution in [0.15, 0.2) is 0 Å². The Kier molecular flexibility index (Phi) is 2.52. The molecule has 3 heteroatoms. The number of rotatable bonds is 3. The normalized spacial score (nSPS) is 38.2. The number of hydrogen-bond acceptors (Lipinski definition) is 2. The molecule has 0 saturated heterocycles. The predicted molar refractivity (Wildman–Crippen MR) is 52.5 cm³/mol. The summed E-state index contributed by atoms with van der Waals surface area (Å²) in [5.41, 5.74) is 4.65. The Labute approximate surface area is 84.7 Å². The fraction of sp³-hybridized carbons (Fsp3) is 0.818. The van der Waals surface area contributed by atoms with Gasteiger partial charge in [0.15, 0.2) is 0 Å². The molecule has 0 spiro atoms. The van der Waals surface area contributed by atoms with Crippen LogP contribution in [0.2, 0.25) is 0 Å². The third-order valence-electron chi connectivity index (χ3n) is 3.85. The maximum atomic E-state index is 11.3. The van der Waals surface area contributed by atoms with Crippen molar-refractivity contribution >= 4 is 5.91 Å². The summed E-state index contributed by atoms with van der Waals surface area (Å²) in [5, 5.41) is 9.21. The first-order valence-electron chi connectivity index (χ1n) is 5.46. The molecule has 0 aromatic carbocycles. The summed E-state index contributed by atoms with van der Waals surface area (Å²) in [4.78, 5) is 11.3. The van der Waals surface area contributed by atoms with Gasteiger partial charge in [-0.1, -0.05) is 12.8 Å². The molecule has 2 unspecified atom stereocenters. The molecule has 2 aliphatic carbocycles. The topological polar surface area (TPSA) is 63.3 Å². The van der Waals surface area contributed by atoms with E-state index in [2.05, 4.69) is 0 Å². The van der Waals surface area contributed by atoms with Gasteiger partial charge in [-0.25, -0.2) is 0 Å². The van der Waals surface area contributed by atoms with Gasteiger partial charge in [0.25, 0.3) is 0 Å². The monoisotopic (exact) mass is 196 g/mol. The zero-order valence-corrected chi connectivity index (χ0v) is 8.41. The molecule has 1 radical (unpaired) electrons. The SMILES string of the molecule is NC(=O)C1([CH]O)CCCC(C2CC2)C1. The summed E-state index contributed by atoms with van der Waals surface area (Å²) >= 11 is 0. The Balaban J connectivity index is 2.06. The van der Waals surface area contributed by atoms with Crippen LogP contribution in [-0.4, -0.2) is 11.0 Å². The van der Waals surface area contributed by atoms with Gasteiger partial charge in [0.2, 0.25) is 5.91 Å². The summed E-state index contributed by atoms with van der Waals surface area (Å²) in [5.74, 6) is 1.05. The first kappa shape index (κ1) is 9.97. The minimum atomic E-state index is -0.717. The van der Waals surface area contributed by atoms with E-state index in [1.54, 1.807) is 0 Å². The van der Waals surface area contributed by atoms with Crippen LogP contribution in [0.4, 0.5) is 0 Å². The third kappa shape index (κ3) is 1.65. The minimum Gasteiger partial charge on any atom is -0.389 e. The minimum absolute atomic E-state index is 0.356. The van der Waals surface area contributed by atoms with E-state index in [-0.39, 0.29) is 5.91 Å². The predicted octanol–water partition coefficient (Wildman–Crippen LogP) is 1.59. The van der Waals surface area contributed by atoms with Crippen LogP contribution in [-0.2, 0) is 4.79 Å². The van der Waals surface area contributed by atoms with Crippen LogP contribution < -0.4 is 5.73 Å². The zero-order valence-electron chi connectivity index (χ0n) is 8.41. The average Bonchev–Trinajstić information content (AvgIpc) is 3.01. The fourth-order valence-electron chi connectivity index (χ4n) is 2.73. The van der Waals surface area contributed by atoms with Gasteiger partial charge in [-0.15, -0.1) is 0 Å². The van der Waals surface area contributed by atoms with Gasteiger partial charge in [0, 0.05) is 0 Å². The molecule has 2 fully saturated rings. The summed E-state index contributed by atoms with van der Waals surface area (Å²) in [7, 11) is 0. The van der Waals surface area contributed by atoms with E-state index in [0.717, 1.165) is 31.8 Å². The summed E-state index contributed by atoms with van der Waals surface area (Å²) < 4.78 is 0. The van der Waals surface area contributed by atoms with E-state index in [9.17, 15) is 9.90 Å². The molecule has 2 aliphatic rings. The lowest BCUT2D eigenvalue weighted by atomic mass is 9.68. The Morgan fingerprint density at radius 1 is 1.36 bits per heavy atom. The van der Waals surface area contributed by atoms with E-state index in [1.807, 2.05) is 0 Å². The van der Waals surface area contributed by atoms with E-state index in [4.69, 9.17) is 5.73 Å². The lowest BCUT2D eigenvalue weighted by Gasteiger charge is -2.36. The second kappa shape index (κ2) is 3.54. The van der Waals surface area contributed by atoms with Crippen LogP contribution in [0.1, 0.15) is 38.5 Å². The molecule has 0 aromatic rings. The van der Waals surface area contributed by atoms with Gasteiger partial charge in [-0.3, -0.25) is 4.79 Å².